The van der Waals surface area contributed by atoms with Crippen LogP contribution in [-0.4, -0.2) is 57.1 Å². The highest BCUT2D eigenvalue weighted by atomic mass is 16.7. The van der Waals surface area contributed by atoms with Crippen LogP contribution in [-0.2, 0) is 24.4 Å². The molecule has 0 aliphatic carbocycles. The predicted molar refractivity (Wildman–Crippen MR) is 126 cm³/mol. The van der Waals surface area contributed by atoms with Gasteiger partial charge in [0, 0.05) is 32.3 Å². The monoisotopic (exact) mass is 483 g/mol. The standard InChI is InChI=1S/C25H29N3O7/c1-30-9-8-26-25(29)20-15-33-24(27-20)14-28(12-17-4-6-22-23(10-17)35-16-34-22)13-18-11-19(31-2)5-7-21(18)32-3/h4-7,10-11,15H,8-9,12-14,16H2,1-3H3,(H,26,29). The van der Waals surface area contributed by atoms with Gasteiger partial charge in [-0.05, 0) is 35.9 Å². The largest absolute Gasteiger partial charge is 0.497 e. The maximum Gasteiger partial charge on any atom is 0.273 e. The summed E-state index contributed by atoms with van der Waals surface area (Å²) in [5.74, 6) is 3.03. The molecular weight excluding hydrogens is 454 g/mol. The van der Waals surface area contributed by atoms with E-state index in [0.717, 1.165) is 28.4 Å². The molecule has 186 valence electrons. The van der Waals surface area contributed by atoms with Gasteiger partial charge in [-0.25, -0.2) is 4.98 Å². The van der Waals surface area contributed by atoms with Crippen LogP contribution >= 0.6 is 0 Å². The van der Waals surface area contributed by atoms with Crippen LogP contribution in [0.25, 0.3) is 0 Å². The molecule has 1 amide bonds. The Kier molecular flexibility index (Phi) is 8.07. The van der Waals surface area contributed by atoms with Gasteiger partial charge >= 0.3 is 0 Å². The van der Waals surface area contributed by atoms with Crippen LogP contribution in [0.3, 0.4) is 0 Å². The zero-order valence-corrected chi connectivity index (χ0v) is 20.0. The molecule has 0 fully saturated rings. The molecule has 0 saturated heterocycles. The molecule has 1 aliphatic rings. The van der Waals surface area contributed by atoms with Crippen molar-refractivity contribution in [2.24, 2.45) is 0 Å². The number of benzene rings is 2. The highest BCUT2D eigenvalue weighted by Gasteiger charge is 2.19. The number of oxazole rings is 1. The summed E-state index contributed by atoms with van der Waals surface area (Å²) in [6.45, 7) is 2.47. The zero-order chi connectivity index (χ0) is 24.6. The van der Waals surface area contributed by atoms with Crippen molar-refractivity contribution in [1.82, 2.24) is 15.2 Å². The van der Waals surface area contributed by atoms with E-state index in [1.165, 1.54) is 6.26 Å². The maximum absolute atomic E-state index is 12.3. The van der Waals surface area contributed by atoms with Crippen LogP contribution in [0.2, 0.25) is 0 Å². The van der Waals surface area contributed by atoms with Gasteiger partial charge in [0.05, 0.1) is 27.4 Å². The van der Waals surface area contributed by atoms with E-state index in [4.69, 9.17) is 28.1 Å². The Morgan fingerprint density at radius 3 is 2.69 bits per heavy atom. The van der Waals surface area contributed by atoms with Gasteiger partial charge in [-0.2, -0.15) is 0 Å². The number of carbonyl (C=O) groups excluding carboxylic acids is 1. The summed E-state index contributed by atoms with van der Waals surface area (Å²) in [6, 6.07) is 11.5. The minimum absolute atomic E-state index is 0.217. The van der Waals surface area contributed by atoms with Gasteiger partial charge in [-0.3, -0.25) is 9.69 Å². The smallest absolute Gasteiger partial charge is 0.273 e. The first-order valence-corrected chi connectivity index (χ1v) is 11.1. The summed E-state index contributed by atoms with van der Waals surface area (Å²) in [7, 11) is 4.84. The molecule has 2 aromatic carbocycles. The summed E-state index contributed by atoms with van der Waals surface area (Å²) < 4.78 is 32.5. The van der Waals surface area contributed by atoms with Crippen molar-refractivity contribution in [2.75, 3.05) is 41.3 Å². The second-order valence-electron chi connectivity index (χ2n) is 7.89. The van der Waals surface area contributed by atoms with Crippen molar-refractivity contribution in [3.8, 4) is 23.0 Å². The second-order valence-corrected chi connectivity index (χ2v) is 7.89. The van der Waals surface area contributed by atoms with E-state index in [0.29, 0.717) is 44.4 Å². The second kappa shape index (κ2) is 11.6. The number of hydrogen-bond acceptors (Lipinski definition) is 9. The third-order valence-electron chi connectivity index (χ3n) is 5.46. The van der Waals surface area contributed by atoms with Gasteiger partial charge in [0.1, 0.15) is 17.8 Å². The molecule has 10 heteroatoms. The van der Waals surface area contributed by atoms with Crippen molar-refractivity contribution in [3.63, 3.8) is 0 Å². The molecule has 35 heavy (non-hydrogen) atoms. The third-order valence-corrected chi connectivity index (χ3v) is 5.46. The highest BCUT2D eigenvalue weighted by Crippen LogP contribution is 2.33. The molecule has 1 aromatic heterocycles. The average Bonchev–Trinajstić information content (AvgIpc) is 3.53. The summed E-state index contributed by atoms with van der Waals surface area (Å²) in [5.41, 5.74) is 2.19. The van der Waals surface area contributed by atoms with Crippen molar-refractivity contribution in [2.45, 2.75) is 19.6 Å². The molecule has 3 aromatic rings. The minimum Gasteiger partial charge on any atom is -0.497 e. The molecule has 1 aliphatic heterocycles. The van der Waals surface area contributed by atoms with Gasteiger partial charge in [-0.15, -0.1) is 0 Å². The van der Waals surface area contributed by atoms with Crippen LogP contribution in [0.15, 0.2) is 47.1 Å². The topological polar surface area (TPSA) is 105 Å². The van der Waals surface area contributed by atoms with E-state index >= 15 is 0 Å². The SMILES string of the molecule is COCCNC(=O)c1coc(CN(Cc2ccc3c(c2)OCO3)Cc2cc(OC)ccc2OC)n1. The molecule has 0 bridgehead atoms. The van der Waals surface area contributed by atoms with E-state index in [-0.39, 0.29) is 18.4 Å². The summed E-state index contributed by atoms with van der Waals surface area (Å²) in [6.07, 6.45) is 1.36. The van der Waals surface area contributed by atoms with Crippen LogP contribution in [0, 0.1) is 0 Å². The summed E-state index contributed by atoms with van der Waals surface area (Å²) in [4.78, 5) is 18.8. The van der Waals surface area contributed by atoms with Crippen LogP contribution in [0.4, 0.5) is 0 Å². The molecular formula is C25H29N3O7. The lowest BCUT2D eigenvalue weighted by atomic mass is 10.1. The Hall–Kier alpha value is -3.76. The van der Waals surface area contributed by atoms with E-state index in [1.807, 2.05) is 36.4 Å². The Morgan fingerprint density at radius 1 is 1.03 bits per heavy atom. The molecule has 0 radical (unpaired) electrons. The summed E-state index contributed by atoms with van der Waals surface area (Å²) >= 11 is 0. The van der Waals surface area contributed by atoms with E-state index in [9.17, 15) is 4.79 Å². The highest BCUT2D eigenvalue weighted by molar-refractivity contribution is 5.91. The first-order chi connectivity index (χ1) is 17.1. The molecule has 2 heterocycles. The Morgan fingerprint density at radius 2 is 1.89 bits per heavy atom. The molecule has 0 unspecified atom stereocenters. The fraction of sp³-hybridized carbons (Fsp3) is 0.360. The lowest BCUT2D eigenvalue weighted by Gasteiger charge is -2.22. The van der Waals surface area contributed by atoms with Crippen molar-refractivity contribution < 1.29 is 32.9 Å². The van der Waals surface area contributed by atoms with E-state index < -0.39 is 0 Å². The number of carbonyl (C=O) groups is 1. The average molecular weight is 484 g/mol. The maximum atomic E-state index is 12.3. The number of ether oxygens (including phenoxy) is 5. The molecule has 4 rings (SSSR count). The zero-order valence-electron chi connectivity index (χ0n) is 20.0. The molecule has 10 nitrogen and oxygen atoms in total. The van der Waals surface area contributed by atoms with Crippen molar-refractivity contribution in [1.29, 1.82) is 0 Å². The molecule has 1 N–H and O–H groups in total. The van der Waals surface area contributed by atoms with Crippen LogP contribution < -0.4 is 24.3 Å². The predicted octanol–water partition coefficient (Wildman–Crippen LogP) is 3.00. The van der Waals surface area contributed by atoms with Crippen LogP contribution in [0.1, 0.15) is 27.5 Å². The van der Waals surface area contributed by atoms with Gasteiger partial charge < -0.3 is 33.4 Å². The van der Waals surface area contributed by atoms with Gasteiger partial charge in [0.15, 0.2) is 17.2 Å². The third kappa shape index (κ3) is 6.23. The first kappa shape index (κ1) is 24.4. The van der Waals surface area contributed by atoms with Gasteiger partial charge in [-0.1, -0.05) is 6.07 Å². The Balaban J connectivity index is 1.54. The number of rotatable bonds is 12. The van der Waals surface area contributed by atoms with Crippen molar-refractivity contribution in [3.05, 3.63) is 65.4 Å². The Bertz CT molecular complexity index is 1150. The number of hydrogen-bond donors (Lipinski definition) is 1. The van der Waals surface area contributed by atoms with Gasteiger partial charge in [0.2, 0.25) is 12.7 Å². The minimum atomic E-state index is -0.311. The summed E-state index contributed by atoms with van der Waals surface area (Å²) in [5, 5.41) is 2.74. The molecule has 0 saturated carbocycles. The number of amides is 1. The fourth-order valence-electron chi connectivity index (χ4n) is 3.75. The number of methoxy groups -OCH3 is 3. The quantitative estimate of drug-likeness (QED) is 0.389. The van der Waals surface area contributed by atoms with Crippen LogP contribution in [0.5, 0.6) is 23.0 Å². The fourth-order valence-corrected chi connectivity index (χ4v) is 3.75. The normalized spacial score (nSPS) is 12.1. The Labute approximate surface area is 203 Å². The number of nitrogens with one attached hydrogen (secondary N) is 1. The lowest BCUT2D eigenvalue weighted by molar-refractivity contribution is 0.0932. The number of nitrogens with zero attached hydrogens (tertiary/aromatic N) is 2. The van der Waals surface area contributed by atoms with E-state index in [2.05, 4.69) is 15.2 Å². The molecule has 0 spiro atoms. The molecule has 0 atom stereocenters. The number of aromatic nitrogens is 1. The van der Waals surface area contributed by atoms with Gasteiger partial charge in [0.25, 0.3) is 5.91 Å². The number of fused-ring (bicyclic) bond motifs is 1. The lowest BCUT2D eigenvalue weighted by Crippen LogP contribution is -2.27. The van der Waals surface area contributed by atoms with Crippen molar-refractivity contribution >= 4 is 5.91 Å². The first-order valence-electron chi connectivity index (χ1n) is 11.1. The van der Waals surface area contributed by atoms with E-state index in [1.54, 1.807) is 21.3 Å².